The summed E-state index contributed by atoms with van der Waals surface area (Å²) in [6, 6.07) is 6.03. The Morgan fingerprint density at radius 2 is 2.25 bits per heavy atom. The van der Waals surface area contributed by atoms with Crippen LogP contribution in [-0.4, -0.2) is 6.21 Å². The number of hydrazone groups is 1. The smallest absolute Gasteiger partial charge is 0.0591 e. The molecule has 0 aromatic heterocycles. The summed E-state index contributed by atoms with van der Waals surface area (Å²) in [5, 5.41) is 3.94. The minimum absolute atomic E-state index is 1.04. The first-order chi connectivity index (χ1) is 5.74. The molecule has 0 amide bonds. The summed E-state index contributed by atoms with van der Waals surface area (Å²) in [5.74, 6) is 0. The van der Waals surface area contributed by atoms with Crippen LogP contribution in [-0.2, 0) is 0 Å². The van der Waals surface area contributed by atoms with Crippen molar-refractivity contribution in [3.63, 3.8) is 0 Å². The molecular weight excluding hydrogens is 216 g/mol. The second kappa shape index (κ2) is 4.26. The number of anilines is 1. The first-order valence-electron chi connectivity index (χ1n) is 3.74. The van der Waals surface area contributed by atoms with E-state index < -0.39 is 0 Å². The van der Waals surface area contributed by atoms with Crippen molar-refractivity contribution in [1.29, 1.82) is 0 Å². The maximum absolute atomic E-state index is 3.94. The van der Waals surface area contributed by atoms with E-state index in [0.717, 1.165) is 10.2 Å². The van der Waals surface area contributed by atoms with Crippen LogP contribution in [0.1, 0.15) is 12.5 Å². The Labute approximate surface area is 80.8 Å². The highest BCUT2D eigenvalue weighted by atomic mass is 79.9. The van der Waals surface area contributed by atoms with Crippen molar-refractivity contribution in [3.8, 4) is 0 Å². The van der Waals surface area contributed by atoms with Crippen LogP contribution in [0.5, 0.6) is 0 Å². The molecule has 2 nitrogen and oxygen atoms in total. The molecule has 0 aliphatic heterocycles. The van der Waals surface area contributed by atoms with Crippen molar-refractivity contribution >= 4 is 27.8 Å². The molecule has 12 heavy (non-hydrogen) atoms. The first-order valence-corrected chi connectivity index (χ1v) is 4.53. The molecule has 0 aliphatic carbocycles. The molecule has 3 heteroatoms. The van der Waals surface area contributed by atoms with Gasteiger partial charge in [0.1, 0.15) is 0 Å². The van der Waals surface area contributed by atoms with E-state index in [0.29, 0.717) is 0 Å². The lowest BCUT2D eigenvalue weighted by Gasteiger charge is -2.03. The Balaban J connectivity index is 2.86. The van der Waals surface area contributed by atoms with Crippen LogP contribution in [0.15, 0.2) is 27.8 Å². The molecular formula is C9H11BrN2. The van der Waals surface area contributed by atoms with Crippen LogP contribution in [0, 0.1) is 6.92 Å². The third kappa shape index (κ3) is 2.34. The molecule has 0 bridgehead atoms. The van der Waals surface area contributed by atoms with Gasteiger partial charge in [0.2, 0.25) is 0 Å². The predicted octanol–water partition coefficient (Wildman–Crippen LogP) is 3.18. The fourth-order valence-corrected chi connectivity index (χ4v) is 1.36. The number of rotatable bonds is 2. The van der Waals surface area contributed by atoms with Gasteiger partial charge in [0.15, 0.2) is 0 Å². The number of hydrogen-bond acceptors (Lipinski definition) is 2. The second-order valence-electron chi connectivity index (χ2n) is 2.46. The molecule has 0 radical (unpaired) electrons. The minimum atomic E-state index is 1.04. The molecule has 0 saturated heterocycles. The normalized spacial score (nSPS) is 10.6. The molecule has 0 heterocycles. The monoisotopic (exact) mass is 226 g/mol. The molecule has 1 aromatic rings. The van der Waals surface area contributed by atoms with Gasteiger partial charge in [-0.25, -0.2) is 0 Å². The summed E-state index contributed by atoms with van der Waals surface area (Å²) in [6.45, 7) is 3.92. The van der Waals surface area contributed by atoms with Gasteiger partial charge in [0.05, 0.1) is 5.69 Å². The summed E-state index contributed by atoms with van der Waals surface area (Å²) < 4.78 is 1.09. The van der Waals surface area contributed by atoms with Crippen molar-refractivity contribution in [2.24, 2.45) is 5.10 Å². The van der Waals surface area contributed by atoms with Gasteiger partial charge in [0, 0.05) is 10.7 Å². The zero-order valence-corrected chi connectivity index (χ0v) is 8.72. The number of nitrogens with zero attached hydrogens (tertiary/aromatic N) is 1. The van der Waals surface area contributed by atoms with Gasteiger partial charge in [-0.2, -0.15) is 5.10 Å². The Morgan fingerprint density at radius 3 is 2.83 bits per heavy atom. The van der Waals surface area contributed by atoms with E-state index in [9.17, 15) is 0 Å². The lowest BCUT2D eigenvalue weighted by atomic mass is 10.2. The van der Waals surface area contributed by atoms with Gasteiger partial charge in [0.25, 0.3) is 0 Å². The van der Waals surface area contributed by atoms with Gasteiger partial charge in [-0.15, -0.1) is 0 Å². The predicted molar refractivity (Wildman–Crippen MR) is 56.7 cm³/mol. The third-order valence-corrected chi connectivity index (χ3v) is 2.00. The van der Waals surface area contributed by atoms with E-state index >= 15 is 0 Å². The standard InChI is InChI=1S/C9H11BrN2/c1-3-11-12-9-5-4-8(10)6-7(9)2/h3-6,12H,1-2H3. The highest BCUT2D eigenvalue weighted by Crippen LogP contribution is 2.19. The lowest BCUT2D eigenvalue weighted by Crippen LogP contribution is -1.90. The van der Waals surface area contributed by atoms with E-state index in [1.54, 1.807) is 6.21 Å². The average molecular weight is 227 g/mol. The Morgan fingerprint density at radius 1 is 1.50 bits per heavy atom. The molecule has 1 aromatic carbocycles. The van der Waals surface area contributed by atoms with Crippen molar-refractivity contribution in [2.45, 2.75) is 13.8 Å². The number of hydrogen-bond donors (Lipinski definition) is 1. The molecule has 0 fully saturated rings. The number of nitrogens with one attached hydrogen (secondary N) is 1. The summed E-state index contributed by atoms with van der Waals surface area (Å²) in [5.41, 5.74) is 5.15. The van der Waals surface area contributed by atoms with E-state index in [4.69, 9.17) is 0 Å². The van der Waals surface area contributed by atoms with Crippen molar-refractivity contribution in [3.05, 3.63) is 28.2 Å². The van der Waals surface area contributed by atoms with Crippen LogP contribution >= 0.6 is 15.9 Å². The Hall–Kier alpha value is -0.830. The van der Waals surface area contributed by atoms with Gasteiger partial charge in [-0.3, -0.25) is 5.43 Å². The number of aryl methyl sites for hydroxylation is 1. The quantitative estimate of drug-likeness (QED) is 0.609. The molecule has 0 saturated carbocycles. The summed E-state index contributed by atoms with van der Waals surface area (Å²) in [6.07, 6.45) is 1.72. The zero-order chi connectivity index (χ0) is 8.97. The molecule has 0 spiro atoms. The van der Waals surface area contributed by atoms with Gasteiger partial charge in [-0.1, -0.05) is 15.9 Å². The summed E-state index contributed by atoms with van der Waals surface area (Å²) >= 11 is 3.40. The maximum atomic E-state index is 3.94. The number of halogens is 1. The van der Waals surface area contributed by atoms with E-state index in [-0.39, 0.29) is 0 Å². The first kappa shape index (κ1) is 9.26. The fraction of sp³-hybridized carbons (Fsp3) is 0.222. The summed E-state index contributed by atoms with van der Waals surface area (Å²) in [4.78, 5) is 0. The summed E-state index contributed by atoms with van der Waals surface area (Å²) in [7, 11) is 0. The van der Waals surface area contributed by atoms with E-state index in [1.807, 2.05) is 32.0 Å². The average Bonchev–Trinajstić information content (AvgIpc) is 2.03. The fourth-order valence-electron chi connectivity index (χ4n) is 0.887. The van der Waals surface area contributed by atoms with Crippen LogP contribution in [0.3, 0.4) is 0 Å². The highest BCUT2D eigenvalue weighted by molar-refractivity contribution is 9.10. The van der Waals surface area contributed by atoms with Crippen molar-refractivity contribution in [1.82, 2.24) is 0 Å². The van der Waals surface area contributed by atoms with Crippen LogP contribution in [0.25, 0.3) is 0 Å². The largest absolute Gasteiger partial charge is 0.279 e. The molecule has 0 unspecified atom stereocenters. The van der Waals surface area contributed by atoms with E-state index in [2.05, 4.69) is 26.5 Å². The van der Waals surface area contributed by atoms with E-state index in [1.165, 1.54) is 5.56 Å². The Kier molecular flexibility index (Phi) is 3.29. The van der Waals surface area contributed by atoms with Crippen LogP contribution < -0.4 is 5.43 Å². The van der Waals surface area contributed by atoms with Crippen molar-refractivity contribution < 1.29 is 0 Å². The minimum Gasteiger partial charge on any atom is -0.279 e. The van der Waals surface area contributed by atoms with Crippen molar-refractivity contribution in [2.75, 3.05) is 5.43 Å². The molecule has 1 rings (SSSR count). The van der Waals surface area contributed by atoms with Crippen LogP contribution in [0.4, 0.5) is 5.69 Å². The molecule has 1 N–H and O–H groups in total. The SMILES string of the molecule is CC=NNc1ccc(Br)cc1C. The third-order valence-electron chi connectivity index (χ3n) is 1.50. The number of benzene rings is 1. The molecule has 0 aliphatic rings. The zero-order valence-electron chi connectivity index (χ0n) is 7.13. The lowest BCUT2D eigenvalue weighted by molar-refractivity contribution is 1.30. The van der Waals surface area contributed by atoms with Gasteiger partial charge >= 0.3 is 0 Å². The van der Waals surface area contributed by atoms with Gasteiger partial charge in [-0.05, 0) is 37.6 Å². The van der Waals surface area contributed by atoms with Crippen LogP contribution in [0.2, 0.25) is 0 Å². The van der Waals surface area contributed by atoms with Gasteiger partial charge < -0.3 is 0 Å². The second-order valence-corrected chi connectivity index (χ2v) is 3.37. The molecule has 64 valence electrons. The maximum Gasteiger partial charge on any atom is 0.0591 e. The highest BCUT2D eigenvalue weighted by Gasteiger charge is 1.95. The molecule has 0 atom stereocenters. The Bertz CT molecular complexity index is 295. The topological polar surface area (TPSA) is 24.4 Å².